The topological polar surface area (TPSA) is 38.3 Å². The van der Waals surface area contributed by atoms with Crippen LogP contribution < -0.4 is 10.1 Å². The number of rotatable bonds is 5. The Hall–Kier alpha value is -0.740. The largest absolute Gasteiger partial charge is 0.484 e. The number of hydrogen-bond donors (Lipinski definition) is 1. The van der Waals surface area contributed by atoms with Gasteiger partial charge in [-0.1, -0.05) is 34.0 Å². The fourth-order valence-electron chi connectivity index (χ4n) is 2.34. The maximum absolute atomic E-state index is 11.8. The van der Waals surface area contributed by atoms with Crippen molar-refractivity contribution in [1.82, 2.24) is 5.32 Å². The van der Waals surface area contributed by atoms with E-state index in [4.69, 9.17) is 16.3 Å². The van der Waals surface area contributed by atoms with Crippen LogP contribution in [0.2, 0.25) is 5.02 Å². The lowest BCUT2D eigenvalue weighted by atomic mass is 10.1. The van der Waals surface area contributed by atoms with E-state index < -0.39 is 0 Å². The summed E-state index contributed by atoms with van der Waals surface area (Å²) in [5.41, 5.74) is 0. The van der Waals surface area contributed by atoms with Crippen LogP contribution in [-0.4, -0.2) is 23.9 Å². The highest BCUT2D eigenvalue weighted by atomic mass is 79.9. The number of nitrogens with one attached hydrogen (secondary N) is 1. The van der Waals surface area contributed by atoms with E-state index in [1.54, 1.807) is 24.3 Å². The molecule has 1 N–H and O–H groups in total. The molecule has 1 saturated carbocycles. The molecule has 3 nitrogen and oxygen atoms in total. The van der Waals surface area contributed by atoms with Crippen molar-refractivity contribution in [3.63, 3.8) is 0 Å². The molecule has 1 aromatic rings. The van der Waals surface area contributed by atoms with Gasteiger partial charge in [-0.05, 0) is 43.0 Å². The number of amides is 1. The van der Waals surface area contributed by atoms with Crippen molar-refractivity contribution in [2.75, 3.05) is 11.9 Å². The molecule has 1 aliphatic rings. The fourth-order valence-corrected chi connectivity index (χ4v) is 3.24. The monoisotopic (exact) mass is 345 g/mol. The van der Waals surface area contributed by atoms with Crippen LogP contribution in [0, 0.1) is 5.92 Å². The lowest BCUT2D eigenvalue weighted by Crippen LogP contribution is -2.40. The predicted molar refractivity (Wildman–Crippen MR) is 80.0 cm³/mol. The van der Waals surface area contributed by atoms with Gasteiger partial charge in [0.2, 0.25) is 0 Å². The number of carbonyl (C=O) groups is 1. The highest BCUT2D eigenvalue weighted by Gasteiger charge is 2.27. The zero-order valence-electron chi connectivity index (χ0n) is 10.6. The van der Waals surface area contributed by atoms with Gasteiger partial charge in [0.25, 0.3) is 5.91 Å². The van der Waals surface area contributed by atoms with E-state index in [9.17, 15) is 4.79 Å². The molecule has 2 unspecified atom stereocenters. The van der Waals surface area contributed by atoms with Gasteiger partial charge in [0.15, 0.2) is 6.61 Å². The molecule has 0 radical (unpaired) electrons. The standard InChI is InChI=1S/C14H17BrClNO2/c15-8-10-2-1-3-13(10)17-14(18)9-19-12-6-4-11(16)5-7-12/h4-7,10,13H,1-3,8-9H2,(H,17,18). The van der Waals surface area contributed by atoms with Gasteiger partial charge in [0.05, 0.1) is 0 Å². The summed E-state index contributed by atoms with van der Waals surface area (Å²) in [6.07, 6.45) is 3.41. The van der Waals surface area contributed by atoms with E-state index in [-0.39, 0.29) is 18.6 Å². The van der Waals surface area contributed by atoms with Crippen molar-refractivity contribution in [3.8, 4) is 5.75 Å². The summed E-state index contributed by atoms with van der Waals surface area (Å²) in [7, 11) is 0. The first-order chi connectivity index (χ1) is 9.19. The van der Waals surface area contributed by atoms with Crippen LogP contribution >= 0.6 is 27.5 Å². The average molecular weight is 347 g/mol. The highest BCUT2D eigenvalue weighted by Crippen LogP contribution is 2.27. The van der Waals surface area contributed by atoms with Gasteiger partial charge in [0.1, 0.15) is 5.75 Å². The van der Waals surface area contributed by atoms with Crippen LogP contribution in [0.25, 0.3) is 0 Å². The molecular weight excluding hydrogens is 330 g/mol. The number of benzene rings is 1. The molecule has 1 aliphatic carbocycles. The zero-order valence-corrected chi connectivity index (χ0v) is 12.9. The van der Waals surface area contributed by atoms with E-state index >= 15 is 0 Å². The molecule has 104 valence electrons. The maximum atomic E-state index is 11.8. The summed E-state index contributed by atoms with van der Waals surface area (Å²) < 4.78 is 5.42. The van der Waals surface area contributed by atoms with Gasteiger partial charge in [-0.2, -0.15) is 0 Å². The smallest absolute Gasteiger partial charge is 0.258 e. The number of carbonyl (C=O) groups excluding carboxylic acids is 1. The van der Waals surface area contributed by atoms with Crippen molar-refractivity contribution in [3.05, 3.63) is 29.3 Å². The summed E-state index contributed by atoms with van der Waals surface area (Å²) >= 11 is 9.27. The predicted octanol–water partition coefficient (Wildman–Crippen LogP) is 3.40. The van der Waals surface area contributed by atoms with Crippen LogP contribution in [-0.2, 0) is 4.79 Å². The van der Waals surface area contributed by atoms with Crippen molar-refractivity contribution >= 4 is 33.4 Å². The van der Waals surface area contributed by atoms with Gasteiger partial charge in [-0.15, -0.1) is 0 Å². The van der Waals surface area contributed by atoms with Gasteiger partial charge in [0, 0.05) is 16.4 Å². The molecule has 0 bridgehead atoms. The summed E-state index contributed by atoms with van der Waals surface area (Å²) in [5, 5.41) is 4.64. The third-order valence-corrected chi connectivity index (χ3v) is 4.47. The van der Waals surface area contributed by atoms with Crippen molar-refractivity contribution < 1.29 is 9.53 Å². The van der Waals surface area contributed by atoms with E-state index in [1.807, 2.05) is 0 Å². The van der Waals surface area contributed by atoms with Gasteiger partial charge in [-0.25, -0.2) is 0 Å². The third kappa shape index (κ3) is 4.39. The van der Waals surface area contributed by atoms with Crippen LogP contribution in [0.4, 0.5) is 0 Å². The van der Waals surface area contributed by atoms with Crippen molar-refractivity contribution in [1.29, 1.82) is 0 Å². The number of alkyl halides is 1. The zero-order chi connectivity index (χ0) is 13.7. The van der Waals surface area contributed by atoms with Crippen molar-refractivity contribution in [2.24, 2.45) is 5.92 Å². The maximum Gasteiger partial charge on any atom is 0.258 e. The highest BCUT2D eigenvalue weighted by molar-refractivity contribution is 9.09. The summed E-state index contributed by atoms with van der Waals surface area (Å²) in [4.78, 5) is 11.8. The van der Waals surface area contributed by atoms with Crippen molar-refractivity contribution in [2.45, 2.75) is 25.3 Å². The lowest BCUT2D eigenvalue weighted by Gasteiger charge is -2.19. The first kappa shape index (κ1) is 14.7. The molecule has 2 atom stereocenters. The first-order valence-electron chi connectivity index (χ1n) is 6.42. The van der Waals surface area contributed by atoms with Crippen LogP contribution in [0.15, 0.2) is 24.3 Å². The summed E-state index contributed by atoms with van der Waals surface area (Å²) in [5.74, 6) is 1.13. The Morgan fingerprint density at radius 1 is 1.37 bits per heavy atom. The first-order valence-corrected chi connectivity index (χ1v) is 7.92. The fraction of sp³-hybridized carbons (Fsp3) is 0.500. The minimum atomic E-state index is -0.0622. The molecule has 1 aromatic carbocycles. The Morgan fingerprint density at radius 3 is 2.79 bits per heavy atom. The molecule has 19 heavy (non-hydrogen) atoms. The molecular formula is C14H17BrClNO2. The summed E-state index contributed by atoms with van der Waals surface area (Å²) in [6.45, 7) is 0.0487. The van der Waals surface area contributed by atoms with Gasteiger partial charge in [-0.3, -0.25) is 4.79 Å². The number of hydrogen-bond acceptors (Lipinski definition) is 2. The third-order valence-electron chi connectivity index (χ3n) is 3.39. The number of halogens is 2. The second-order valence-corrected chi connectivity index (χ2v) is 5.85. The summed E-state index contributed by atoms with van der Waals surface area (Å²) in [6, 6.07) is 7.28. The Morgan fingerprint density at radius 2 is 2.11 bits per heavy atom. The normalized spacial score (nSPS) is 22.2. The van der Waals surface area contributed by atoms with Crippen LogP contribution in [0.1, 0.15) is 19.3 Å². The van der Waals surface area contributed by atoms with E-state index in [2.05, 4.69) is 21.2 Å². The molecule has 1 amide bonds. The van der Waals surface area contributed by atoms with E-state index in [0.29, 0.717) is 16.7 Å². The number of ether oxygens (including phenoxy) is 1. The SMILES string of the molecule is O=C(COc1ccc(Cl)cc1)NC1CCCC1CBr. The molecule has 5 heteroatoms. The Bertz CT molecular complexity index is 424. The quantitative estimate of drug-likeness (QED) is 0.830. The Kier molecular flexibility index (Phi) is 5.52. The molecule has 2 rings (SSSR count). The Balaban J connectivity index is 1.77. The minimum Gasteiger partial charge on any atom is -0.484 e. The van der Waals surface area contributed by atoms with Crippen LogP contribution in [0.5, 0.6) is 5.75 Å². The van der Waals surface area contributed by atoms with Gasteiger partial charge >= 0.3 is 0 Å². The van der Waals surface area contributed by atoms with E-state index in [0.717, 1.165) is 11.8 Å². The van der Waals surface area contributed by atoms with Gasteiger partial charge < -0.3 is 10.1 Å². The second kappa shape index (κ2) is 7.15. The Labute approximate surface area is 126 Å². The molecule has 0 aromatic heterocycles. The van der Waals surface area contributed by atoms with E-state index in [1.165, 1.54) is 12.8 Å². The minimum absolute atomic E-state index is 0.0487. The molecule has 0 saturated heterocycles. The molecule has 1 fully saturated rings. The average Bonchev–Trinajstić information content (AvgIpc) is 2.85. The second-order valence-electron chi connectivity index (χ2n) is 4.76. The molecule has 0 heterocycles. The molecule has 0 spiro atoms. The van der Waals surface area contributed by atoms with Crippen LogP contribution in [0.3, 0.4) is 0 Å². The molecule has 0 aliphatic heterocycles. The lowest BCUT2D eigenvalue weighted by molar-refractivity contribution is -0.124.